The lowest BCUT2D eigenvalue weighted by Gasteiger charge is -2.35. The molecule has 1 aliphatic rings. The van der Waals surface area contributed by atoms with Crippen molar-refractivity contribution in [1.29, 1.82) is 0 Å². The van der Waals surface area contributed by atoms with Crippen molar-refractivity contribution in [3.8, 4) is 5.75 Å². The Morgan fingerprint density at radius 1 is 0.962 bits per heavy atom. The summed E-state index contributed by atoms with van der Waals surface area (Å²) in [6.45, 7) is 6.11. The zero-order chi connectivity index (χ0) is 18.7. The fraction of sp³-hybridized carbons (Fsp3) is 0.368. The van der Waals surface area contributed by atoms with Crippen molar-refractivity contribution in [2.24, 2.45) is 0 Å². The van der Waals surface area contributed by atoms with Crippen molar-refractivity contribution in [2.75, 3.05) is 31.1 Å². The summed E-state index contributed by atoms with van der Waals surface area (Å²) in [5.74, 6) is 0.837. The summed E-state index contributed by atoms with van der Waals surface area (Å²) in [7, 11) is -3.56. The van der Waals surface area contributed by atoms with Crippen LogP contribution in [0.15, 0.2) is 53.4 Å². The van der Waals surface area contributed by atoms with Crippen LogP contribution in [0.4, 0.5) is 5.69 Å². The second-order valence-electron chi connectivity index (χ2n) is 6.48. The molecule has 0 radical (unpaired) electrons. The van der Waals surface area contributed by atoms with Crippen LogP contribution in [0.2, 0.25) is 5.02 Å². The molecule has 0 saturated carbocycles. The van der Waals surface area contributed by atoms with Crippen LogP contribution in [0, 0.1) is 0 Å². The fourth-order valence-electron chi connectivity index (χ4n) is 2.99. The number of hydrogen-bond acceptors (Lipinski definition) is 4. The van der Waals surface area contributed by atoms with Gasteiger partial charge in [-0.25, -0.2) is 8.42 Å². The van der Waals surface area contributed by atoms with Crippen molar-refractivity contribution in [1.82, 2.24) is 4.31 Å². The molecule has 3 rings (SSSR count). The van der Waals surface area contributed by atoms with E-state index in [1.54, 1.807) is 24.3 Å². The van der Waals surface area contributed by atoms with Crippen LogP contribution in [0.5, 0.6) is 5.75 Å². The van der Waals surface area contributed by atoms with Gasteiger partial charge in [0.1, 0.15) is 10.6 Å². The Bertz CT molecular complexity index is 845. The van der Waals surface area contributed by atoms with Crippen LogP contribution < -0.4 is 9.64 Å². The Kier molecular flexibility index (Phi) is 5.75. The van der Waals surface area contributed by atoms with Gasteiger partial charge in [0.2, 0.25) is 10.0 Å². The minimum absolute atomic E-state index is 0.138. The van der Waals surface area contributed by atoms with E-state index in [1.165, 1.54) is 4.31 Å². The largest absolute Gasteiger partial charge is 0.491 e. The zero-order valence-corrected chi connectivity index (χ0v) is 16.5. The number of hydrogen-bond donors (Lipinski definition) is 0. The summed E-state index contributed by atoms with van der Waals surface area (Å²) < 4.78 is 32.8. The molecule has 1 fully saturated rings. The van der Waals surface area contributed by atoms with Gasteiger partial charge >= 0.3 is 0 Å². The first-order valence-corrected chi connectivity index (χ1v) is 10.5. The van der Waals surface area contributed by atoms with Crippen LogP contribution in [0.25, 0.3) is 0 Å². The minimum Gasteiger partial charge on any atom is -0.491 e. The smallest absolute Gasteiger partial charge is 0.244 e. The number of piperazine rings is 1. The Labute approximate surface area is 160 Å². The average molecular weight is 395 g/mol. The van der Waals surface area contributed by atoms with Gasteiger partial charge in [-0.3, -0.25) is 0 Å². The van der Waals surface area contributed by atoms with E-state index >= 15 is 0 Å². The summed E-state index contributed by atoms with van der Waals surface area (Å²) in [6.07, 6.45) is 0.138. The van der Waals surface area contributed by atoms with Gasteiger partial charge in [0.25, 0.3) is 0 Å². The van der Waals surface area contributed by atoms with E-state index in [0.717, 1.165) is 11.4 Å². The van der Waals surface area contributed by atoms with Crippen LogP contribution in [0.3, 0.4) is 0 Å². The first kappa shape index (κ1) is 19.0. The third-order valence-corrected chi connectivity index (χ3v) is 6.67. The number of nitrogens with zero attached hydrogens (tertiary/aromatic N) is 2. The molecule has 5 nitrogen and oxygen atoms in total. The van der Waals surface area contributed by atoms with E-state index in [4.69, 9.17) is 16.3 Å². The summed E-state index contributed by atoms with van der Waals surface area (Å²) in [4.78, 5) is 2.35. The van der Waals surface area contributed by atoms with Gasteiger partial charge < -0.3 is 9.64 Å². The molecule has 0 spiro atoms. The number of benzene rings is 2. The van der Waals surface area contributed by atoms with Crippen LogP contribution in [-0.2, 0) is 10.0 Å². The van der Waals surface area contributed by atoms with E-state index < -0.39 is 10.0 Å². The maximum atomic E-state index is 12.8. The third-order valence-electron chi connectivity index (χ3n) is 4.27. The summed E-state index contributed by atoms with van der Waals surface area (Å²) >= 11 is 6.08. The lowest BCUT2D eigenvalue weighted by molar-refractivity contribution is 0.242. The third kappa shape index (κ3) is 4.14. The molecule has 0 amide bonds. The molecule has 1 saturated heterocycles. The van der Waals surface area contributed by atoms with Crippen LogP contribution in [-0.4, -0.2) is 45.0 Å². The predicted molar refractivity (Wildman–Crippen MR) is 105 cm³/mol. The normalized spacial score (nSPS) is 16.1. The van der Waals surface area contributed by atoms with Gasteiger partial charge in [-0.05, 0) is 50.2 Å². The molecule has 1 heterocycles. The van der Waals surface area contributed by atoms with Crippen molar-refractivity contribution < 1.29 is 13.2 Å². The van der Waals surface area contributed by atoms with Gasteiger partial charge in [0, 0.05) is 31.9 Å². The van der Waals surface area contributed by atoms with Crippen molar-refractivity contribution in [3.63, 3.8) is 0 Å². The average Bonchev–Trinajstić information content (AvgIpc) is 2.62. The van der Waals surface area contributed by atoms with Crippen LogP contribution >= 0.6 is 11.6 Å². The molecular formula is C19H23ClN2O3S. The van der Waals surface area contributed by atoms with Gasteiger partial charge in [-0.1, -0.05) is 23.7 Å². The van der Waals surface area contributed by atoms with Crippen molar-refractivity contribution >= 4 is 27.3 Å². The molecule has 0 aromatic heterocycles. The molecule has 2 aromatic rings. The van der Waals surface area contributed by atoms with E-state index in [1.807, 2.05) is 38.1 Å². The molecule has 0 N–H and O–H groups in total. The monoisotopic (exact) mass is 394 g/mol. The topological polar surface area (TPSA) is 49.9 Å². The molecule has 1 aliphatic heterocycles. The molecule has 7 heteroatoms. The highest BCUT2D eigenvalue weighted by Gasteiger charge is 2.29. The summed E-state index contributed by atoms with van der Waals surface area (Å²) in [5, 5.41) is 0.260. The number of halogens is 1. The maximum absolute atomic E-state index is 12.8. The highest BCUT2D eigenvalue weighted by atomic mass is 35.5. The molecular weight excluding hydrogens is 372 g/mol. The molecule has 0 atom stereocenters. The van der Waals surface area contributed by atoms with Crippen LogP contribution in [0.1, 0.15) is 13.8 Å². The molecule has 0 aliphatic carbocycles. The van der Waals surface area contributed by atoms with E-state index in [2.05, 4.69) is 4.90 Å². The molecule has 0 bridgehead atoms. The van der Waals surface area contributed by atoms with E-state index in [-0.39, 0.29) is 16.0 Å². The maximum Gasteiger partial charge on any atom is 0.244 e. The molecule has 26 heavy (non-hydrogen) atoms. The number of rotatable bonds is 5. The molecule has 140 valence electrons. The highest BCUT2D eigenvalue weighted by Crippen LogP contribution is 2.27. The minimum atomic E-state index is -3.56. The fourth-order valence-corrected chi connectivity index (χ4v) is 4.90. The zero-order valence-electron chi connectivity index (χ0n) is 14.9. The Morgan fingerprint density at radius 3 is 2.15 bits per heavy atom. The van der Waals surface area contributed by atoms with Gasteiger partial charge in [0.15, 0.2) is 0 Å². The predicted octanol–water partition coefficient (Wildman–Crippen LogP) is 3.64. The SMILES string of the molecule is CC(C)Oc1ccc(N2CCN(S(=O)(=O)c3ccccc3Cl)CC2)cc1. The number of sulfonamides is 1. The van der Waals surface area contributed by atoms with Gasteiger partial charge in [-0.15, -0.1) is 0 Å². The van der Waals surface area contributed by atoms with E-state index in [9.17, 15) is 8.42 Å². The Balaban J connectivity index is 1.66. The molecule has 2 aromatic carbocycles. The Morgan fingerprint density at radius 2 is 1.58 bits per heavy atom. The first-order valence-electron chi connectivity index (χ1n) is 8.64. The second-order valence-corrected chi connectivity index (χ2v) is 8.80. The number of anilines is 1. The summed E-state index contributed by atoms with van der Waals surface area (Å²) in [6, 6.07) is 14.5. The summed E-state index contributed by atoms with van der Waals surface area (Å²) in [5.41, 5.74) is 1.07. The number of ether oxygens (including phenoxy) is 1. The lowest BCUT2D eigenvalue weighted by Crippen LogP contribution is -2.48. The van der Waals surface area contributed by atoms with Crippen molar-refractivity contribution in [3.05, 3.63) is 53.6 Å². The molecule has 0 unspecified atom stereocenters. The lowest BCUT2D eigenvalue weighted by atomic mass is 10.2. The second kappa shape index (κ2) is 7.86. The highest BCUT2D eigenvalue weighted by molar-refractivity contribution is 7.89. The van der Waals surface area contributed by atoms with E-state index in [0.29, 0.717) is 26.2 Å². The standard InChI is InChI=1S/C19H23ClN2O3S/c1-15(2)25-17-9-7-16(8-10-17)21-11-13-22(14-12-21)26(23,24)19-6-4-3-5-18(19)20/h3-10,15H,11-14H2,1-2H3. The van der Waals surface area contributed by atoms with Crippen molar-refractivity contribution in [2.45, 2.75) is 24.8 Å². The Hall–Kier alpha value is -1.76. The van der Waals surface area contributed by atoms with Gasteiger partial charge in [0.05, 0.1) is 11.1 Å². The van der Waals surface area contributed by atoms with Gasteiger partial charge in [-0.2, -0.15) is 4.31 Å². The first-order chi connectivity index (χ1) is 12.4. The quantitative estimate of drug-likeness (QED) is 0.776.